The molecule has 0 aliphatic heterocycles. The van der Waals surface area contributed by atoms with Crippen molar-refractivity contribution in [3.63, 3.8) is 0 Å². The van der Waals surface area contributed by atoms with Crippen LogP contribution in [0.25, 0.3) is 0 Å². The van der Waals surface area contributed by atoms with Crippen molar-refractivity contribution < 1.29 is 14.6 Å². The zero-order valence-corrected chi connectivity index (χ0v) is 13.2. The monoisotopic (exact) mass is 316 g/mol. The molecule has 0 amide bonds. The van der Waals surface area contributed by atoms with Gasteiger partial charge in [-0.1, -0.05) is 20.3 Å². The Morgan fingerprint density at radius 3 is 2.39 bits per heavy atom. The number of ether oxygens (including phenoxy) is 2. The summed E-state index contributed by atoms with van der Waals surface area (Å²) in [5, 5.41) is 10.7. The lowest BCUT2D eigenvalue weighted by Crippen LogP contribution is -2.30. The van der Waals surface area contributed by atoms with Gasteiger partial charge in [-0.15, -0.1) is 0 Å². The SMILES string of the molecule is CCC(C)C(C)(O)c1ccc(OC)c(Br)c1OC. The topological polar surface area (TPSA) is 38.7 Å². The van der Waals surface area contributed by atoms with Crippen LogP contribution in [0.3, 0.4) is 0 Å². The van der Waals surface area contributed by atoms with Gasteiger partial charge in [0.05, 0.1) is 19.8 Å². The smallest absolute Gasteiger partial charge is 0.142 e. The van der Waals surface area contributed by atoms with E-state index in [2.05, 4.69) is 22.9 Å². The number of hydrogen-bond acceptors (Lipinski definition) is 3. The average molecular weight is 317 g/mol. The molecule has 0 fully saturated rings. The van der Waals surface area contributed by atoms with Crippen molar-refractivity contribution in [3.8, 4) is 11.5 Å². The van der Waals surface area contributed by atoms with Crippen molar-refractivity contribution in [2.24, 2.45) is 5.92 Å². The van der Waals surface area contributed by atoms with Gasteiger partial charge in [0.2, 0.25) is 0 Å². The first kappa shape index (κ1) is 15.3. The Kier molecular flexibility index (Phi) is 5.05. The standard InChI is InChI=1S/C14H21BrO3/c1-6-9(2)14(3,16)10-7-8-11(17-4)12(15)13(10)18-5/h7-9,16H,6H2,1-5H3. The molecule has 2 unspecified atom stereocenters. The van der Waals surface area contributed by atoms with Gasteiger partial charge in [0.25, 0.3) is 0 Å². The highest BCUT2D eigenvalue weighted by molar-refractivity contribution is 9.10. The third-order valence-corrected chi connectivity index (χ3v) is 4.35. The molecule has 0 aliphatic rings. The molecule has 1 N–H and O–H groups in total. The highest BCUT2D eigenvalue weighted by Crippen LogP contribution is 2.44. The Morgan fingerprint density at radius 1 is 1.33 bits per heavy atom. The van der Waals surface area contributed by atoms with Crippen LogP contribution in [-0.4, -0.2) is 19.3 Å². The highest BCUT2D eigenvalue weighted by atomic mass is 79.9. The summed E-state index contributed by atoms with van der Waals surface area (Å²) >= 11 is 3.45. The van der Waals surface area contributed by atoms with Crippen LogP contribution in [0, 0.1) is 5.92 Å². The van der Waals surface area contributed by atoms with Crippen molar-refractivity contribution in [2.45, 2.75) is 32.8 Å². The van der Waals surface area contributed by atoms with E-state index in [-0.39, 0.29) is 5.92 Å². The summed E-state index contributed by atoms with van der Waals surface area (Å²) in [4.78, 5) is 0. The zero-order valence-electron chi connectivity index (χ0n) is 11.6. The fourth-order valence-corrected chi connectivity index (χ4v) is 2.63. The molecule has 1 aromatic rings. The van der Waals surface area contributed by atoms with Crippen molar-refractivity contribution in [2.75, 3.05) is 14.2 Å². The molecule has 1 rings (SSSR count). The number of rotatable bonds is 5. The van der Waals surface area contributed by atoms with E-state index in [1.165, 1.54) is 0 Å². The average Bonchev–Trinajstić information content (AvgIpc) is 2.37. The van der Waals surface area contributed by atoms with Gasteiger partial charge < -0.3 is 14.6 Å². The van der Waals surface area contributed by atoms with E-state index in [1.54, 1.807) is 14.2 Å². The predicted octanol–water partition coefficient (Wildman–Crippen LogP) is 3.72. The summed E-state index contributed by atoms with van der Waals surface area (Å²) in [6.45, 7) is 5.90. The zero-order chi connectivity index (χ0) is 13.9. The second-order valence-corrected chi connectivity index (χ2v) is 5.41. The summed E-state index contributed by atoms with van der Waals surface area (Å²) in [6, 6.07) is 3.69. The van der Waals surface area contributed by atoms with E-state index in [4.69, 9.17) is 9.47 Å². The first-order valence-electron chi connectivity index (χ1n) is 6.03. The maximum atomic E-state index is 10.7. The highest BCUT2D eigenvalue weighted by Gasteiger charge is 2.33. The summed E-state index contributed by atoms with van der Waals surface area (Å²) in [5.41, 5.74) is -0.165. The molecule has 2 atom stereocenters. The number of halogens is 1. The minimum atomic E-state index is -0.936. The van der Waals surface area contributed by atoms with E-state index >= 15 is 0 Å². The van der Waals surface area contributed by atoms with Crippen LogP contribution in [0.1, 0.15) is 32.8 Å². The fraction of sp³-hybridized carbons (Fsp3) is 0.571. The molecule has 1 aromatic carbocycles. The van der Waals surface area contributed by atoms with Gasteiger partial charge in [0.1, 0.15) is 16.0 Å². The van der Waals surface area contributed by atoms with Crippen molar-refractivity contribution in [1.82, 2.24) is 0 Å². The van der Waals surface area contributed by atoms with Crippen molar-refractivity contribution in [3.05, 3.63) is 22.2 Å². The van der Waals surface area contributed by atoms with E-state index in [9.17, 15) is 5.11 Å². The Labute approximate surface area is 117 Å². The normalized spacial score (nSPS) is 15.9. The van der Waals surface area contributed by atoms with E-state index in [0.717, 1.165) is 16.5 Å². The quantitative estimate of drug-likeness (QED) is 0.899. The molecule has 0 aliphatic carbocycles. The molecule has 0 aromatic heterocycles. The maximum Gasteiger partial charge on any atom is 0.142 e. The second kappa shape index (κ2) is 5.93. The molecular weight excluding hydrogens is 296 g/mol. The maximum absolute atomic E-state index is 10.7. The Balaban J connectivity index is 3.37. The van der Waals surface area contributed by atoms with Crippen LogP contribution in [0.5, 0.6) is 11.5 Å². The van der Waals surface area contributed by atoms with E-state index in [0.29, 0.717) is 11.5 Å². The molecule has 102 valence electrons. The van der Waals surface area contributed by atoms with Gasteiger partial charge in [0, 0.05) is 5.56 Å². The summed E-state index contributed by atoms with van der Waals surface area (Å²) in [7, 11) is 3.20. The van der Waals surface area contributed by atoms with E-state index in [1.807, 2.05) is 26.0 Å². The minimum Gasteiger partial charge on any atom is -0.495 e. The summed E-state index contributed by atoms with van der Waals surface area (Å²) in [6.07, 6.45) is 0.889. The number of aliphatic hydroxyl groups is 1. The van der Waals surface area contributed by atoms with Crippen LogP contribution in [-0.2, 0) is 5.60 Å². The second-order valence-electron chi connectivity index (χ2n) is 4.62. The van der Waals surface area contributed by atoms with Gasteiger partial charge in [-0.3, -0.25) is 0 Å². The summed E-state index contributed by atoms with van der Waals surface area (Å²) in [5.74, 6) is 1.45. The van der Waals surface area contributed by atoms with Crippen LogP contribution in [0.2, 0.25) is 0 Å². The lowest BCUT2D eigenvalue weighted by Gasteiger charge is -2.32. The van der Waals surface area contributed by atoms with Gasteiger partial charge in [-0.2, -0.15) is 0 Å². The lowest BCUT2D eigenvalue weighted by molar-refractivity contribution is -0.00209. The molecule has 0 saturated carbocycles. The molecule has 4 heteroatoms. The largest absolute Gasteiger partial charge is 0.495 e. The van der Waals surface area contributed by atoms with E-state index < -0.39 is 5.60 Å². The van der Waals surface area contributed by atoms with Crippen molar-refractivity contribution in [1.29, 1.82) is 0 Å². The van der Waals surface area contributed by atoms with Crippen LogP contribution in [0.15, 0.2) is 16.6 Å². The van der Waals surface area contributed by atoms with Gasteiger partial charge in [0.15, 0.2) is 0 Å². The van der Waals surface area contributed by atoms with Gasteiger partial charge in [-0.25, -0.2) is 0 Å². The minimum absolute atomic E-state index is 0.131. The third kappa shape index (κ3) is 2.64. The Bertz CT molecular complexity index is 416. The molecule has 0 spiro atoms. The third-order valence-electron chi connectivity index (χ3n) is 3.60. The molecule has 0 radical (unpaired) electrons. The number of methoxy groups -OCH3 is 2. The first-order valence-corrected chi connectivity index (χ1v) is 6.82. The summed E-state index contributed by atoms with van der Waals surface area (Å²) < 4.78 is 11.4. The molecule has 0 heterocycles. The van der Waals surface area contributed by atoms with Crippen LogP contribution >= 0.6 is 15.9 Å². The molecule has 0 bridgehead atoms. The van der Waals surface area contributed by atoms with Gasteiger partial charge >= 0.3 is 0 Å². The molecule has 0 saturated heterocycles. The molecular formula is C14H21BrO3. The predicted molar refractivity (Wildman–Crippen MR) is 76.3 cm³/mol. The fourth-order valence-electron chi connectivity index (χ4n) is 1.96. The lowest BCUT2D eigenvalue weighted by atomic mass is 9.82. The number of hydrogen-bond donors (Lipinski definition) is 1. The van der Waals surface area contributed by atoms with Crippen molar-refractivity contribution >= 4 is 15.9 Å². The van der Waals surface area contributed by atoms with Crippen LogP contribution < -0.4 is 9.47 Å². The first-order chi connectivity index (χ1) is 8.39. The number of benzene rings is 1. The van der Waals surface area contributed by atoms with Gasteiger partial charge in [-0.05, 0) is 40.9 Å². The molecule has 3 nitrogen and oxygen atoms in total. The van der Waals surface area contributed by atoms with Crippen LogP contribution in [0.4, 0.5) is 0 Å². The Morgan fingerprint density at radius 2 is 1.94 bits per heavy atom. The Hall–Kier alpha value is -0.740. The molecule has 18 heavy (non-hydrogen) atoms.